The highest BCUT2D eigenvalue weighted by atomic mass is 16.5. The Labute approximate surface area is 163 Å². The molecular weight excluding hydrogens is 340 g/mol. The van der Waals surface area contributed by atoms with Crippen LogP contribution >= 0.6 is 0 Å². The van der Waals surface area contributed by atoms with Gasteiger partial charge in [-0.3, -0.25) is 4.79 Å². The van der Waals surface area contributed by atoms with Gasteiger partial charge in [0, 0.05) is 19.0 Å². The lowest BCUT2D eigenvalue weighted by atomic mass is 9.91. The largest absolute Gasteiger partial charge is 0.493 e. The van der Waals surface area contributed by atoms with E-state index in [4.69, 9.17) is 9.47 Å². The minimum atomic E-state index is 0.374. The standard InChI is InChI=1S/C22H34N2O3/c1-26-20-9-7-17(15-21(20)27-2)6-8-19-5-3-4-14-24(19)22(25)16-18-10-12-23-13-11-18/h7,9,15,18-19,23H,3-6,8,10-14,16H2,1-2H3/t19-/m1/s1. The van der Waals surface area contributed by atoms with Gasteiger partial charge < -0.3 is 19.7 Å². The fourth-order valence-corrected chi connectivity index (χ4v) is 4.45. The number of amides is 1. The van der Waals surface area contributed by atoms with Crippen LogP contribution < -0.4 is 14.8 Å². The molecule has 1 atom stereocenters. The topological polar surface area (TPSA) is 50.8 Å². The molecule has 0 radical (unpaired) electrons. The van der Waals surface area contributed by atoms with E-state index in [9.17, 15) is 4.79 Å². The zero-order valence-electron chi connectivity index (χ0n) is 16.8. The first-order valence-electron chi connectivity index (χ1n) is 10.4. The number of piperidine rings is 2. The number of rotatable bonds is 7. The molecule has 2 aliphatic rings. The fraction of sp³-hybridized carbons (Fsp3) is 0.682. The van der Waals surface area contributed by atoms with E-state index >= 15 is 0 Å². The second-order valence-electron chi connectivity index (χ2n) is 7.86. The smallest absolute Gasteiger partial charge is 0.223 e. The van der Waals surface area contributed by atoms with Crippen molar-refractivity contribution in [2.24, 2.45) is 5.92 Å². The minimum absolute atomic E-state index is 0.374. The molecule has 5 nitrogen and oxygen atoms in total. The van der Waals surface area contributed by atoms with E-state index in [1.165, 1.54) is 12.0 Å². The quantitative estimate of drug-likeness (QED) is 0.795. The highest BCUT2D eigenvalue weighted by Crippen LogP contribution is 2.29. The molecule has 2 heterocycles. The Morgan fingerprint density at radius 3 is 2.63 bits per heavy atom. The molecule has 2 aliphatic heterocycles. The molecule has 0 bridgehead atoms. The van der Waals surface area contributed by atoms with Crippen LogP contribution in [0.2, 0.25) is 0 Å². The molecule has 1 aromatic carbocycles. The molecular formula is C22H34N2O3. The zero-order valence-corrected chi connectivity index (χ0v) is 16.8. The van der Waals surface area contributed by atoms with Gasteiger partial charge in [-0.2, -0.15) is 0 Å². The summed E-state index contributed by atoms with van der Waals surface area (Å²) < 4.78 is 10.7. The van der Waals surface area contributed by atoms with E-state index in [0.717, 1.165) is 76.1 Å². The number of benzene rings is 1. The van der Waals surface area contributed by atoms with E-state index in [1.54, 1.807) is 14.2 Å². The summed E-state index contributed by atoms with van der Waals surface area (Å²) in [6.45, 7) is 3.04. The number of carbonyl (C=O) groups is 1. The normalized spacial score (nSPS) is 21.1. The SMILES string of the molecule is COc1ccc(CC[C@H]2CCCCN2C(=O)CC2CCNCC2)cc1OC. The third kappa shape index (κ3) is 5.38. The van der Waals surface area contributed by atoms with Crippen molar-refractivity contribution in [1.82, 2.24) is 10.2 Å². The molecule has 5 heteroatoms. The molecule has 0 unspecified atom stereocenters. The van der Waals surface area contributed by atoms with Crippen molar-refractivity contribution in [3.8, 4) is 11.5 Å². The van der Waals surface area contributed by atoms with Crippen LogP contribution in [-0.2, 0) is 11.2 Å². The number of nitrogens with zero attached hydrogens (tertiary/aromatic N) is 1. The Kier molecular flexibility index (Phi) is 7.39. The zero-order chi connectivity index (χ0) is 19.1. The number of carbonyl (C=O) groups excluding carboxylic acids is 1. The van der Waals surface area contributed by atoms with Crippen molar-refractivity contribution in [3.05, 3.63) is 23.8 Å². The van der Waals surface area contributed by atoms with Crippen LogP contribution in [0.25, 0.3) is 0 Å². The minimum Gasteiger partial charge on any atom is -0.493 e. The molecule has 0 spiro atoms. The summed E-state index contributed by atoms with van der Waals surface area (Å²) in [5, 5.41) is 3.39. The maximum absolute atomic E-state index is 12.9. The van der Waals surface area contributed by atoms with Crippen LogP contribution in [0.5, 0.6) is 11.5 Å². The van der Waals surface area contributed by atoms with Gasteiger partial charge in [-0.25, -0.2) is 0 Å². The van der Waals surface area contributed by atoms with Crippen molar-refractivity contribution >= 4 is 5.91 Å². The summed E-state index contributed by atoms with van der Waals surface area (Å²) in [5.41, 5.74) is 1.24. The highest BCUT2D eigenvalue weighted by Gasteiger charge is 2.28. The van der Waals surface area contributed by atoms with Crippen molar-refractivity contribution in [1.29, 1.82) is 0 Å². The third-order valence-electron chi connectivity index (χ3n) is 6.08. The van der Waals surface area contributed by atoms with Crippen LogP contribution in [-0.4, -0.2) is 50.7 Å². The molecule has 1 N–H and O–H groups in total. The van der Waals surface area contributed by atoms with Crippen LogP contribution in [0, 0.1) is 5.92 Å². The Balaban J connectivity index is 1.57. The van der Waals surface area contributed by atoms with Gasteiger partial charge in [0.25, 0.3) is 0 Å². The monoisotopic (exact) mass is 374 g/mol. The molecule has 2 saturated heterocycles. The van der Waals surface area contributed by atoms with E-state index in [-0.39, 0.29) is 0 Å². The summed E-state index contributed by atoms with van der Waals surface area (Å²) in [5.74, 6) is 2.47. The number of hydrogen-bond acceptors (Lipinski definition) is 4. The predicted octanol–water partition coefficient (Wildman–Crippen LogP) is 3.41. The molecule has 1 amide bonds. The summed E-state index contributed by atoms with van der Waals surface area (Å²) >= 11 is 0. The fourth-order valence-electron chi connectivity index (χ4n) is 4.45. The van der Waals surface area contributed by atoms with Gasteiger partial charge >= 0.3 is 0 Å². The second-order valence-corrected chi connectivity index (χ2v) is 7.86. The molecule has 0 aliphatic carbocycles. The third-order valence-corrected chi connectivity index (χ3v) is 6.08. The van der Waals surface area contributed by atoms with E-state index in [1.807, 2.05) is 6.07 Å². The van der Waals surface area contributed by atoms with Gasteiger partial charge in [0.05, 0.1) is 14.2 Å². The molecule has 1 aromatic rings. The summed E-state index contributed by atoms with van der Waals surface area (Å²) in [6.07, 6.45) is 8.49. The average molecular weight is 375 g/mol. The first-order chi connectivity index (χ1) is 13.2. The van der Waals surface area contributed by atoms with Gasteiger partial charge in [0.2, 0.25) is 5.91 Å². The number of methoxy groups -OCH3 is 2. The molecule has 0 aromatic heterocycles. The van der Waals surface area contributed by atoms with Crippen LogP contribution in [0.3, 0.4) is 0 Å². The lowest BCUT2D eigenvalue weighted by Crippen LogP contribution is -2.45. The predicted molar refractivity (Wildman–Crippen MR) is 107 cm³/mol. The Hall–Kier alpha value is -1.75. The van der Waals surface area contributed by atoms with Crippen molar-refractivity contribution < 1.29 is 14.3 Å². The first-order valence-corrected chi connectivity index (χ1v) is 10.4. The molecule has 0 saturated carbocycles. The second kappa shape index (κ2) is 9.98. The molecule has 2 fully saturated rings. The molecule has 27 heavy (non-hydrogen) atoms. The number of hydrogen-bond donors (Lipinski definition) is 1. The van der Waals surface area contributed by atoms with Gasteiger partial charge in [0.15, 0.2) is 11.5 Å². The van der Waals surface area contributed by atoms with Crippen LogP contribution in [0.15, 0.2) is 18.2 Å². The van der Waals surface area contributed by atoms with Crippen molar-refractivity contribution in [3.63, 3.8) is 0 Å². The van der Waals surface area contributed by atoms with Gasteiger partial charge in [-0.15, -0.1) is 0 Å². The van der Waals surface area contributed by atoms with E-state index in [0.29, 0.717) is 17.9 Å². The summed E-state index contributed by atoms with van der Waals surface area (Å²) in [6, 6.07) is 6.50. The number of nitrogens with one attached hydrogen (secondary N) is 1. The first kappa shape index (κ1) is 20.0. The molecule has 150 valence electrons. The number of likely N-dealkylation sites (tertiary alicyclic amines) is 1. The maximum atomic E-state index is 12.9. The van der Waals surface area contributed by atoms with Crippen molar-refractivity contribution in [2.45, 2.75) is 57.4 Å². The van der Waals surface area contributed by atoms with Gasteiger partial charge in [0.1, 0.15) is 0 Å². The van der Waals surface area contributed by atoms with Gasteiger partial charge in [-0.05, 0) is 81.6 Å². The van der Waals surface area contributed by atoms with E-state index < -0.39 is 0 Å². The van der Waals surface area contributed by atoms with E-state index in [2.05, 4.69) is 22.3 Å². The Morgan fingerprint density at radius 2 is 1.89 bits per heavy atom. The lowest BCUT2D eigenvalue weighted by molar-refractivity contribution is -0.136. The van der Waals surface area contributed by atoms with Crippen LogP contribution in [0.4, 0.5) is 0 Å². The van der Waals surface area contributed by atoms with Gasteiger partial charge in [-0.1, -0.05) is 6.07 Å². The number of aryl methyl sites for hydroxylation is 1. The Bertz CT molecular complexity index is 614. The van der Waals surface area contributed by atoms with Crippen molar-refractivity contribution in [2.75, 3.05) is 33.9 Å². The highest BCUT2D eigenvalue weighted by molar-refractivity contribution is 5.77. The molecule has 3 rings (SSSR count). The average Bonchev–Trinajstić information content (AvgIpc) is 2.73. The summed E-state index contributed by atoms with van der Waals surface area (Å²) in [7, 11) is 3.33. The lowest BCUT2D eigenvalue weighted by Gasteiger charge is -2.37. The maximum Gasteiger partial charge on any atom is 0.223 e. The Morgan fingerprint density at radius 1 is 1.11 bits per heavy atom. The van der Waals surface area contributed by atoms with Crippen LogP contribution in [0.1, 0.15) is 50.5 Å². The summed E-state index contributed by atoms with van der Waals surface area (Å²) in [4.78, 5) is 15.1. The number of ether oxygens (including phenoxy) is 2.